The molecule has 2 amide bonds. The first-order valence-corrected chi connectivity index (χ1v) is 9.35. The highest BCUT2D eigenvalue weighted by molar-refractivity contribution is 6.00. The van der Waals surface area contributed by atoms with Crippen LogP contribution in [0.25, 0.3) is 5.57 Å². The van der Waals surface area contributed by atoms with Gasteiger partial charge in [0.1, 0.15) is 17.3 Å². The maximum Gasteiger partial charge on any atom is 0.416 e. The number of benzene rings is 2. The van der Waals surface area contributed by atoms with Gasteiger partial charge in [0.2, 0.25) is 0 Å². The summed E-state index contributed by atoms with van der Waals surface area (Å²) in [4.78, 5) is 12.1. The molecule has 1 aliphatic rings. The van der Waals surface area contributed by atoms with E-state index in [1.54, 1.807) is 6.92 Å². The highest BCUT2D eigenvalue weighted by Crippen LogP contribution is 2.34. The average molecular weight is 453 g/mol. The third-order valence-electron chi connectivity index (χ3n) is 4.40. The number of aromatic hydroxyl groups is 1. The Hall–Kier alpha value is -3.73. The minimum atomic E-state index is -4.67. The van der Waals surface area contributed by atoms with Crippen molar-refractivity contribution in [2.45, 2.75) is 19.3 Å². The van der Waals surface area contributed by atoms with E-state index >= 15 is 0 Å². The SMILES string of the molecule is CCOC1=CC(c2ccc(NC(=O)Nc3cc(C(F)(F)F)ccc3O)c(F)c2)=CNC1O. The van der Waals surface area contributed by atoms with Gasteiger partial charge in [-0.1, -0.05) is 6.07 Å². The van der Waals surface area contributed by atoms with E-state index in [1.807, 2.05) is 0 Å². The Morgan fingerprint density at radius 3 is 2.53 bits per heavy atom. The number of allylic oxidation sites excluding steroid dienone is 2. The van der Waals surface area contributed by atoms with E-state index in [1.165, 1.54) is 24.4 Å². The number of urea groups is 1. The first-order valence-electron chi connectivity index (χ1n) is 9.35. The minimum absolute atomic E-state index is 0.240. The third-order valence-corrected chi connectivity index (χ3v) is 4.40. The van der Waals surface area contributed by atoms with Crippen LogP contribution in [0.5, 0.6) is 5.75 Å². The lowest BCUT2D eigenvalue weighted by molar-refractivity contribution is -0.137. The summed E-state index contributed by atoms with van der Waals surface area (Å²) >= 11 is 0. The molecular weight excluding hydrogens is 434 g/mol. The van der Waals surface area contributed by atoms with Gasteiger partial charge >= 0.3 is 12.2 Å². The summed E-state index contributed by atoms with van der Waals surface area (Å²) in [5.74, 6) is -1.14. The van der Waals surface area contributed by atoms with Crippen molar-refractivity contribution in [2.24, 2.45) is 0 Å². The van der Waals surface area contributed by atoms with Gasteiger partial charge in [-0.15, -0.1) is 0 Å². The van der Waals surface area contributed by atoms with Crippen LogP contribution in [-0.4, -0.2) is 29.1 Å². The van der Waals surface area contributed by atoms with E-state index < -0.39 is 41.3 Å². The summed E-state index contributed by atoms with van der Waals surface area (Å²) in [6, 6.07) is 4.85. The Morgan fingerprint density at radius 1 is 1.16 bits per heavy atom. The average Bonchev–Trinajstić information content (AvgIpc) is 2.72. The second-order valence-electron chi connectivity index (χ2n) is 6.65. The number of rotatable bonds is 5. The number of alkyl halides is 3. The van der Waals surface area contributed by atoms with Gasteiger partial charge < -0.3 is 30.9 Å². The third kappa shape index (κ3) is 5.30. The molecule has 3 rings (SSSR count). The second kappa shape index (κ2) is 9.18. The van der Waals surface area contributed by atoms with Crippen molar-refractivity contribution in [2.75, 3.05) is 17.2 Å². The molecule has 0 radical (unpaired) electrons. The normalized spacial score (nSPS) is 15.9. The standard InChI is InChI=1S/C21H19F4N3O4/c1-2-32-18-8-12(10-26-19(18)30)11-3-5-15(14(22)7-11)27-20(31)28-16-9-13(21(23,24)25)4-6-17(16)29/h3-10,19,26,29-30H,2H2,1H3,(H2,27,28,31). The maximum atomic E-state index is 14.5. The smallest absolute Gasteiger partial charge is 0.416 e. The zero-order valence-corrected chi connectivity index (χ0v) is 16.6. The number of aliphatic hydroxyl groups is 1. The molecule has 7 nitrogen and oxygen atoms in total. The number of halogens is 4. The molecule has 1 heterocycles. The molecule has 5 N–H and O–H groups in total. The summed E-state index contributed by atoms with van der Waals surface area (Å²) in [5.41, 5.74) is -0.862. The van der Waals surface area contributed by atoms with E-state index in [0.717, 1.165) is 12.1 Å². The summed E-state index contributed by atoms with van der Waals surface area (Å²) < 4.78 is 58.3. The van der Waals surface area contributed by atoms with Crippen LogP contribution >= 0.6 is 0 Å². The van der Waals surface area contributed by atoms with Gasteiger partial charge in [-0.05, 0) is 48.9 Å². The van der Waals surface area contributed by atoms with E-state index in [2.05, 4.69) is 16.0 Å². The molecule has 2 aromatic carbocycles. The quantitative estimate of drug-likeness (QED) is 0.342. The number of carbonyl (C=O) groups is 1. The Balaban J connectivity index is 1.74. The van der Waals surface area contributed by atoms with E-state index in [-0.39, 0.29) is 11.4 Å². The van der Waals surface area contributed by atoms with Crippen LogP contribution in [-0.2, 0) is 10.9 Å². The van der Waals surface area contributed by atoms with Crippen molar-refractivity contribution in [1.29, 1.82) is 0 Å². The Labute approximate surface area is 180 Å². The topological polar surface area (TPSA) is 103 Å². The summed E-state index contributed by atoms with van der Waals surface area (Å²) in [6.45, 7) is 2.07. The van der Waals surface area contributed by atoms with Crippen LogP contribution in [0.3, 0.4) is 0 Å². The monoisotopic (exact) mass is 453 g/mol. The Kier molecular flexibility index (Phi) is 6.58. The first kappa shape index (κ1) is 22.9. The van der Waals surface area contributed by atoms with Gasteiger partial charge in [0.25, 0.3) is 0 Å². The summed E-state index contributed by atoms with van der Waals surface area (Å²) in [7, 11) is 0. The molecule has 0 saturated heterocycles. The predicted molar refractivity (Wildman–Crippen MR) is 109 cm³/mol. The summed E-state index contributed by atoms with van der Waals surface area (Å²) in [6.07, 6.45) is -2.69. The molecule has 0 fully saturated rings. The fourth-order valence-corrected chi connectivity index (χ4v) is 2.86. The number of dihydropyridines is 1. The molecule has 32 heavy (non-hydrogen) atoms. The van der Waals surface area contributed by atoms with Crippen molar-refractivity contribution in [3.8, 4) is 5.75 Å². The van der Waals surface area contributed by atoms with Gasteiger partial charge in [-0.3, -0.25) is 0 Å². The molecule has 1 atom stereocenters. The fraction of sp³-hybridized carbons (Fsp3) is 0.190. The molecule has 0 aromatic heterocycles. The van der Waals surface area contributed by atoms with E-state index in [9.17, 15) is 32.6 Å². The van der Waals surface area contributed by atoms with Crippen LogP contribution in [0.15, 0.2) is 54.4 Å². The highest BCUT2D eigenvalue weighted by Gasteiger charge is 2.31. The number of hydrogen-bond donors (Lipinski definition) is 5. The lowest BCUT2D eigenvalue weighted by Gasteiger charge is -2.21. The van der Waals surface area contributed by atoms with Crippen LogP contribution in [0, 0.1) is 5.82 Å². The fourth-order valence-electron chi connectivity index (χ4n) is 2.86. The van der Waals surface area contributed by atoms with Gasteiger partial charge in [0.05, 0.1) is 23.5 Å². The highest BCUT2D eigenvalue weighted by atomic mass is 19.4. The molecule has 11 heteroatoms. The van der Waals surface area contributed by atoms with Crippen LogP contribution in [0.2, 0.25) is 0 Å². The van der Waals surface area contributed by atoms with Crippen LogP contribution in [0.1, 0.15) is 18.1 Å². The van der Waals surface area contributed by atoms with Crippen molar-refractivity contribution < 1.29 is 37.3 Å². The lowest BCUT2D eigenvalue weighted by atomic mass is 10.0. The molecule has 170 valence electrons. The number of aliphatic hydroxyl groups excluding tert-OH is 1. The molecule has 2 aromatic rings. The molecule has 0 saturated carbocycles. The van der Waals surface area contributed by atoms with E-state index in [4.69, 9.17) is 4.74 Å². The number of amides is 2. The number of nitrogens with one attached hydrogen (secondary N) is 3. The molecule has 0 aliphatic carbocycles. The molecule has 0 spiro atoms. The summed E-state index contributed by atoms with van der Waals surface area (Å²) in [5, 5.41) is 26.4. The van der Waals surface area contributed by atoms with Crippen molar-refractivity contribution in [3.63, 3.8) is 0 Å². The number of phenolic OH excluding ortho intramolecular Hbond substituents is 1. The zero-order valence-electron chi connectivity index (χ0n) is 16.6. The first-order chi connectivity index (χ1) is 15.1. The number of phenols is 1. The number of ether oxygens (including phenoxy) is 1. The second-order valence-corrected chi connectivity index (χ2v) is 6.65. The van der Waals surface area contributed by atoms with Gasteiger partial charge in [0, 0.05) is 11.8 Å². The van der Waals surface area contributed by atoms with Crippen molar-refractivity contribution in [3.05, 3.63) is 71.4 Å². The lowest BCUT2D eigenvalue weighted by Crippen LogP contribution is -2.30. The Morgan fingerprint density at radius 2 is 1.88 bits per heavy atom. The number of anilines is 2. The molecule has 0 bridgehead atoms. The molecule has 1 aliphatic heterocycles. The van der Waals surface area contributed by atoms with Crippen LogP contribution in [0.4, 0.5) is 33.7 Å². The largest absolute Gasteiger partial charge is 0.506 e. The van der Waals surface area contributed by atoms with Gasteiger partial charge in [0.15, 0.2) is 6.23 Å². The predicted octanol–water partition coefficient (Wildman–Crippen LogP) is 4.38. The van der Waals surface area contributed by atoms with Gasteiger partial charge in [-0.25, -0.2) is 9.18 Å². The van der Waals surface area contributed by atoms with Crippen molar-refractivity contribution >= 4 is 23.0 Å². The maximum absolute atomic E-state index is 14.5. The number of carbonyl (C=O) groups excluding carboxylic acids is 1. The van der Waals surface area contributed by atoms with Gasteiger partial charge in [-0.2, -0.15) is 13.2 Å². The van der Waals surface area contributed by atoms with E-state index in [0.29, 0.717) is 29.9 Å². The van der Waals surface area contributed by atoms with Crippen molar-refractivity contribution in [1.82, 2.24) is 5.32 Å². The molecular formula is C21H19F4N3O4. The van der Waals surface area contributed by atoms with Crippen LogP contribution < -0.4 is 16.0 Å². The molecule has 1 unspecified atom stereocenters. The Bertz CT molecular complexity index is 1080. The number of hydrogen-bond acceptors (Lipinski definition) is 5. The zero-order chi connectivity index (χ0) is 23.5. The minimum Gasteiger partial charge on any atom is -0.506 e.